The summed E-state index contributed by atoms with van der Waals surface area (Å²) in [6, 6.07) is 3.87. The van der Waals surface area contributed by atoms with Gasteiger partial charge in [0, 0.05) is 5.02 Å². The van der Waals surface area contributed by atoms with Crippen LogP contribution in [-0.2, 0) is 4.79 Å². The Bertz CT molecular complexity index is 543. The summed E-state index contributed by atoms with van der Waals surface area (Å²) in [4.78, 5) is 25.2. The minimum Gasteiger partial charge on any atom is -0.325 e. The molecule has 3 amide bonds. The Morgan fingerprint density at radius 2 is 1.94 bits per heavy atom. The lowest BCUT2D eigenvalue weighted by atomic mass is 10.2. The van der Waals surface area contributed by atoms with Crippen molar-refractivity contribution < 1.29 is 9.59 Å². The zero-order chi connectivity index (χ0) is 12.9. The molecule has 0 aromatic heterocycles. The third kappa shape index (κ3) is 1.85. The fourth-order valence-corrected chi connectivity index (χ4v) is 2.50. The number of amides is 3. The van der Waals surface area contributed by atoms with Crippen LogP contribution >= 0.6 is 23.2 Å². The summed E-state index contributed by atoms with van der Waals surface area (Å²) in [6.45, 7) is 0. The largest absolute Gasteiger partial charge is 0.329 e. The molecule has 0 radical (unpaired) electrons. The van der Waals surface area contributed by atoms with E-state index in [0.717, 1.165) is 17.7 Å². The third-order valence-corrected chi connectivity index (χ3v) is 3.77. The van der Waals surface area contributed by atoms with E-state index in [9.17, 15) is 9.59 Å². The van der Waals surface area contributed by atoms with E-state index in [-0.39, 0.29) is 11.8 Å². The average molecular weight is 285 g/mol. The number of hydrogen-bond donors (Lipinski definition) is 1. The van der Waals surface area contributed by atoms with Gasteiger partial charge in [-0.1, -0.05) is 23.2 Å². The van der Waals surface area contributed by atoms with Gasteiger partial charge in [-0.25, -0.2) is 9.69 Å². The van der Waals surface area contributed by atoms with E-state index in [1.807, 2.05) is 0 Å². The first-order chi connectivity index (χ1) is 8.58. The second-order valence-corrected chi connectivity index (χ2v) is 5.38. The Hall–Kier alpha value is -1.26. The van der Waals surface area contributed by atoms with Gasteiger partial charge < -0.3 is 5.32 Å². The molecular weight excluding hydrogens is 275 g/mol. The molecule has 1 aliphatic heterocycles. The summed E-state index contributed by atoms with van der Waals surface area (Å²) < 4.78 is 0. The number of carbonyl (C=O) groups is 2. The van der Waals surface area contributed by atoms with E-state index in [0.29, 0.717) is 15.7 Å². The smallest absolute Gasteiger partial charge is 0.325 e. The number of nitrogens with one attached hydrogen (secondary N) is 1. The molecule has 1 aromatic carbocycles. The number of imide groups is 1. The normalized spacial score (nSPS) is 23.4. The highest BCUT2D eigenvalue weighted by Gasteiger charge is 2.47. The van der Waals surface area contributed by atoms with E-state index < -0.39 is 12.1 Å². The molecule has 1 N–H and O–H groups in total. The van der Waals surface area contributed by atoms with E-state index in [4.69, 9.17) is 23.2 Å². The molecule has 1 unspecified atom stereocenters. The SMILES string of the molecule is O=C1NC(C2CC2)C(=O)N1c1cc(Cl)ccc1Cl. The van der Waals surface area contributed by atoms with Crippen molar-refractivity contribution in [2.75, 3.05) is 4.90 Å². The van der Waals surface area contributed by atoms with Gasteiger partial charge in [-0.3, -0.25) is 4.79 Å². The van der Waals surface area contributed by atoms with Crippen molar-refractivity contribution in [3.8, 4) is 0 Å². The van der Waals surface area contributed by atoms with Crippen molar-refractivity contribution in [3.05, 3.63) is 28.2 Å². The molecule has 1 aliphatic carbocycles. The third-order valence-electron chi connectivity index (χ3n) is 3.21. The average Bonchev–Trinajstić information content (AvgIpc) is 3.11. The highest BCUT2D eigenvalue weighted by molar-refractivity contribution is 6.37. The highest BCUT2D eigenvalue weighted by Crippen LogP contribution is 2.38. The molecule has 1 saturated carbocycles. The van der Waals surface area contributed by atoms with Gasteiger partial charge in [0.15, 0.2) is 0 Å². The van der Waals surface area contributed by atoms with Gasteiger partial charge in [0.1, 0.15) is 6.04 Å². The van der Waals surface area contributed by atoms with Gasteiger partial charge in [-0.05, 0) is 37.0 Å². The van der Waals surface area contributed by atoms with Crippen LogP contribution in [0.1, 0.15) is 12.8 Å². The number of rotatable bonds is 2. The fourth-order valence-electron chi connectivity index (χ4n) is 2.13. The standard InChI is InChI=1S/C12H10Cl2N2O2/c13-7-3-4-8(14)9(5-7)16-11(17)10(6-1-2-6)15-12(16)18/h3-6,10H,1-2H2,(H,15,18). The minimum absolute atomic E-state index is 0.244. The van der Waals surface area contributed by atoms with Gasteiger partial charge in [0.05, 0.1) is 10.7 Å². The quantitative estimate of drug-likeness (QED) is 0.849. The van der Waals surface area contributed by atoms with Gasteiger partial charge in [-0.2, -0.15) is 0 Å². The lowest BCUT2D eigenvalue weighted by Crippen LogP contribution is -2.32. The fraction of sp³-hybridized carbons (Fsp3) is 0.333. The minimum atomic E-state index is -0.430. The molecule has 1 aromatic rings. The van der Waals surface area contributed by atoms with Gasteiger partial charge >= 0.3 is 6.03 Å². The second-order valence-electron chi connectivity index (χ2n) is 4.53. The van der Waals surface area contributed by atoms with Crippen LogP contribution < -0.4 is 10.2 Å². The van der Waals surface area contributed by atoms with E-state index in [1.165, 1.54) is 6.07 Å². The van der Waals surface area contributed by atoms with Crippen LogP contribution in [0.4, 0.5) is 10.5 Å². The summed E-state index contributed by atoms with van der Waals surface area (Å²) in [7, 11) is 0. The van der Waals surface area contributed by atoms with Gasteiger partial charge in [0.25, 0.3) is 5.91 Å². The van der Waals surface area contributed by atoms with Crippen LogP contribution in [-0.4, -0.2) is 18.0 Å². The summed E-state index contributed by atoms with van der Waals surface area (Å²) in [6.07, 6.45) is 1.96. The summed E-state index contributed by atoms with van der Waals surface area (Å²) in [5.74, 6) is 0.0241. The van der Waals surface area contributed by atoms with Crippen LogP contribution in [0.3, 0.4) is 0 Å². The Morgan fingerprint density at radius 1 is 1.22 bits per heavy atom. The molecule has 1 saturated heterocycles. The Balaban J connectivity index is 1.98. The first-order valence-electron chi connectivity index (χ1n) is 5.67. The first-order valence-corrected chi connectivity index (χ1v) is 6.43. The summed E-state index contributed by atoms with van der Waals surface area (Å²) in [5, 5.41) is 3.46. The number of hydrogen-bond acceptors (Lipinski definition) is 2. The maximum Gasteiger partial charge on any atom is 0.329 e. The van der Waals surface area contributed by atoms with Crippen LogP contribution in [0.5, 0.6) is 0 Å². The molecule has 0 bridgehead atoms. The lowest BCUT2D eigenvalue weighted by Gasteiger charge is -2.14. The van der Waals surface area contributed by atoms with Crippen molar-refractivity contribution >= 4 is 40.8 Å². The number of carbonyl (C=O) groups excluding carboxylic acids is 2. The predicted molar refractivity (Wildman–Crippen MR) is 69.0 cm³/mol. The van der Waals surface area contributed by atoms with Gasteiger partial charge in [-0.15, -0.1) is 0 Å². The topological polar surface area (TPSA) is 49.4 Å². The monoisotopic (exact) mass is 284 g/mol. The summed E-state index contributed by atoms with van der Waals surface area (Å²) >= 11 is 11.9. The zero-order valence-electron chi connectivity index (χ0n) is 9.32. The molecule has 94 valence electrons. The Labute approximate surface area is 114 Å². The first kappa shape index (κ1) is 11.8. The maximum absolute atomic E-state index is 12.2. The molecule has 3 rings (SSSR count). The van der Waals surface area contributed by atoms with Crippen LogP contribution in [0.15, 0.2) is 18.2 Å². The van der Waals surface area contributed by atoms with E-state index in [2.05, 4.69) is 5.32 Å². The van der Waals surface area contributed by atoms with Crippen molar-refractivity contribution in [1.29, 1.82) is 0 Å². The van der Waals surface area contributed by atoms with Crippen LogP contribution in [0.25, 0.3) is 0 Å². The number of nitrogens with zero attached hydrogens (tertiary/aromatic N) is 1. The van der Waals surface area contributed by atoms with Crippen molar-refractivity contribution in [2.24, 2.45) is 5.92 Å². The van der Waals surface area contributed by atoms with E-state index >= 15 is 0 Å². The van der Waals surface area contributed by atoms with Crippen LogP contribution in [0.2, 0.25) is 10.0 Å². The molecule has 1 heterocycles. The summed E-state index contributed by atoms with van der Waals surface area (Å²) in [5.41, 5.74) is 0.342. The van der Waals surface area contributed by atoms with Crippen LogP contribution in [0, 0.1) is 5.92 Å². The zero-order valence-corrected chi connectivity index (χ0v) is 10.8. The molecule has 1 atom stereocenters. The van der Waals surface area contributed by atoms with E-state index in [1.54, 1.807) is 12.1 Å². The lowest BCUT2D eigenvalue weighted by molar-refractivity contribution is -0.118. The Kier molecular flexibility index (Phi) is 2.72. The number of urea groups is 1. The van der Waals surface area contributed by atoms with Crippen molar-refractivity contribution in [2.45, 2.75) is 18.9 Å². The maximum atomic E-state index is 12.2. The number of anilines is 1. The highest BCUT2D eigenvalue weighted by atomic mass is 35.5. The molecule has 18 heavy (non-hydrogen) atoms. The molecule has 2 fully saturated rings. The second kappa shape index (κ2) is 4.14. The number of benzene rings is 1. The van der Waals surface area contributed by atoms with Crippen molar-refractivity contribution in [1.82, 2.24) is 5.32 Å². The molecule has 6 heteroatoms. The molecule has 2 aliphatic rings. The molecule has 4 nitrogen and oxygen atoms in total. The van der Waals surface area contributed by atoms with Gasteiger partial charge in [0.2, 0.25) is 0 Å². The molecular formula is C12H10Cl2N2O2. The predicted octanol–water partition coefficient (Wildman–Crippen LogP) is 2.83. The molecule has 0 spiro atoms. The Morgan fingerprint density at radius 3 is 2.61 bits per heavy atom. The number of halogens is 2. The van der Waals surface area contributed by atoms with Crippen molar-refractivity contribution in [3.63, 3.8) is 0 Å².